The number of hydrogen-bond donors (Lipinski definition) is 3. The molecule has 1 saturated heterocycles. The number of urea groups is 1. The smallest absolute Gasteiger partial charge is 0.321 e. The number of nitrogens with zero attached hydrogens (tertiary/aromatic N) is 1. The monoisotopic (exact) mass is 258 g/mol. The summed E-state index contributed by atoms with van der Waals surface area (Å²) in [6, 6.07) is -0.0326. The van der Waals surface area contributed by atoms with Crippen molar-refractivity contribution in [2.24, 2.45) is 0 Å². The molecule has 0 spiro atoms. The van der Waals surface area contributed by atoms with Gasteiger partial charge in [0.1, 0.15) is 0 Å². The molecule has 0 aromatic carbocycles. The highest BCUT2D eigenvalue weighted by molar-refractivity contribution is 5.95. The van der Waals surface area contributed by atoms with Crippen molar-refractivity contribution in [1.82, 2.24) is 20.9 Å². The van der Waals surface area contributed by atoms with Crippen molar-refractivity contribution in [2.45, 2.75) is 12.5 Å². The van der Waals surface area contributed by atoms with Gasteiger partial charge in [0.2, 0.25) is 5.91 Å². The first-order valence-electron chi connectivity index (χ1n) is 6.12. The predicted octanol–water partition coefficient (Wildman–Crippen LogP) is -1.25. The van der Waals surface area contributed by atoms with Crippen molar-refractivity contribution in [3.8, 4) is 0 Å². The summed E-state index contributed by atoms with van der Waals surface area (Å²) in [4.78, 5) is 24.9. The lowest BCUT2D eigenvalue weighted by Crippen LogP contribution is -2.45. The van der Waals surface area contributed by atoms with Gasteiger partial charge in [-0.1, -0.05) is 0 Å². The second-order valence-corrected chi connectivity index (χ2v) is 4.31. The molecule has 7 nitrogen and oxygen atoms in total. The molecule has 104 valence electrons. The van der Waals surface area contributed by atoms with E-state index >= 15 is 0 Å². The number of carbonyl (C=O) groups is 2. The molecule has 0 aromatic rings. The van der Waals surface area contributed by atoms with Gasteiger partial charge in [-0.05, 0) is 13.5 Å². The number of ether oxygens (including phenoxy) is 1. The molecule has 0 aliphatic carbocycles. The molecule has 3 amide bonds. The number of methoxy groups -OCH3 is 1. The Morgan fingerprint density at radius 3 is 2.83 bits per heavy atom. The Kier molecular flexibility index (Phi) is 6.63. The summed E-state index contributed by atoms with van der Waals surface area (Å²) in [5.41, 5.74) is 0. The van der Waals surface area contributed by atoms with Crippen molar-refractivity contribution in [3.05, 3.63) is 0 Å². The Balaban J connectivity index is 2.15. The van der Waals surface area contributed by atoms with E-state index < -0.39 is 6.03 Å². The fourth-order valence-corrected chi connectivity index (χ4v) is 1.89. The van der Waals surface area contributed by atoms with E-state index in [1.54, 1.807) is 7.11 Å². The van der Waals surface area contributed by atoms with E-state index in [4.69, 9.17) is 4.74 Å². The number of rotatable bonds is 6. The summed E-state index contributed by atoms with van der Waals surface area (Å²) in [6.45, 7) is 2.80. The van der Waals surface area contributed by atoms with Crippen LogP contribution in [-0.4, -0.2) is 69.8 Å². The van der Waals surface area contributed by atoms with E-state index in [9.17, 15) is 9.59 Å². The van der Waals surface area contributed by atoms with Gasteiger partial charge in [-0.25, -0.2) is 4.79 Å². The van der Waals surface area contributed by atoms with Gasteiger partial charge >= 0.3 is 6.03 Å². The van der Waals surface area contributed by atoms with E-state index in [2.05, 4.69) is 16.0 Å². The van der Waals surface area contributed by atoms with Gasteiger partial charge in [0.15, 0.2) is 0 Å². The van der Waals surface area contributed by atoms with Crippen LogP contribution in [0.5, 0.6) is 0 Å². The second kappa shape index (κ2) is 8.02. The molecule has 1 rings (SSSR count). The molecule has 1 atom stereocenters. The standard InChI is InChI=1S/C11H22N4O3/c1-12-9-3-5-15(7-9)8-10(16)14-11(17)13-4-6-18-2/h9,12H,3-8H2,1-2H3,(H2,13,14,16,17). The Morgan fingerprint density at radius 2 is 2.22 bits per heavy atom. The van der Waals surface area contributed by atoms with Crippen molar-refractivity contribution in [1.29, 1.82) is 0 Å². The summed E-state index contributed by atoms with van der Waals surface area (Å²) < 4.78 is 4.79. The maximum absolute atomic E-state index is 11.6. The number of amides is 3. The van der Waals surface area contributed by atoms with Gasteiger partial charge in [0.05, 0.1) is 13.2 Å². The first-order chi connectivity index (χ1) is 8.65. The number of likely N-dealkylation sites (N-methyl/N-ethyl adjacent to an activating group) is 1. The molecular weight excluding hydrogens is 236 g/mol. The van der Waals surface area contributed by atoms with Crippen LogP contribution in [0.25, 0.3) is 0 Å². The molecular formula is C11H22N4O3. The van der Waals surface area contributed by atoms with E-state index in [1.807, 2.05) is 11.9 Å². The zero-order chi connectivity index (χ0) is 13.4. The number of hydrogen-bond acceptors (Lipinski definition) is 5. The lowest BCUT2D eigenvalue weighted by molar-refractivity contribution is -0.120. The number of nitrogens with one attached hydrogen (secondary N) is 3. The van der Waals surface area contributed by atoms with Crippen LogP contribution in [0.1, 0.15) is 6.42 Å². The van der Waals surface area contributed by atoms with E-state index in [1.165, 1.54) is 0 Å². The zero-order valence-electron chi connectivity index (χ0n) is 11.0. The third kappa shape index (κ3) is 5.44. The van der Waals surface area contributed by atoms with Crippen LogP contribution in [0.4, 0.5) is 4.79 Å². The average molecular weight is 258 g/mol. The highest BCUT2D eigenvalue weighted by atomic mass is 16.5. The van der Waals surface area contributed by atoms with Crippen molar-refractivity contribution in [2.75, 3.05) is 46.9 Å². The maximum Gasteiger partial charge on any atom is 0.321 e. The van der Waals surface area contributed by atoms with Gasteiger partial charge in [-0.3, -0.25) is 15.0 Å². The van der Waals surface area contributed by atoms with Gasteiger partial charge in [0, 0.05) is 32.8 Å². The zero-order valence-corrected chi connectivity index (χ0v) is 11.0. The molecule has 18 heavy (non-hydrogen) atoms. The summed E-state index contributed by atoms with van der Waals surface area (Å²) >= 11 is 0. The lowest BCUT2D eigenvalue weighted by Gasteiger charge is -2.15. The molecule has 0 radical (unpaired) electrons. The minimum atomic E-state index is -0.471. The molecule has 1 aliphatic heterocycles. The molecule has 0 saturated carbocycles. The van der Waals surface area contributed by atoms with Crippen LogP contribution in [0.15, 0.2) is 0 Å². The Morgan fingerprint density at radius 1 is 1.44 bits per heavy atom. The predicted molar refractivity (Wildman–Crippen MR) is 67.3 cm³/mol. The summed E-state index contributed by atoms with van der Waals surface area (Å²) in [6.07, 6.45) is 1.03. The van der Waals surface area contributed by atoms with E-state index in [-0.39, 0.29) is 12.5 Å². The first-order valence-corrected chi connectivity index (χ1v) is 6.12. The van der Waals surface area contributed by atoms with E-state index in [0.717, 1.165) is 19.5 Å². The molecule has 1 fully saturated rings. The molecule has 1 aliphatic rings. The normalized spacial score (nSPS) is 19.8. The molecule has 7 heteroatoms. The van der Waals surface area contributed by atoms with E-state index in [0.29, 0.717) is 19.2 Å². The van der Waals surface area contributed by atoms with Crippen molar-refractivity contribution in [3.63, 3.8) is 0 Å². The number of likely N-dealkylation sites (tertiary alicyclic amines) is 1. The van der Waals surface area contributed by atoms with Gasteiger partial charge < -0.3 is 15.4 Å². The van der Waals surface area contributed by atoms with Crippen LogP contribution in [0, 0.1) is 0 Å². The largest absolute Gasteiger partial charge is 0.383 e. The highest BCUT2D eigenvalue weighted by Crippen LogP contribution is 2.07. The van der Waals surface area contributed by atoms with Crippen LogP contribution in [0.2, 0.25) is 0 Å². The van der Waals surface area contributed by atoms with Gasteiger partial charge in [-0.15, -0.1) is 0 Å². The van der Waals surface area contributed by atoms with Crippen molar-refractivity contribution >= 4 is 11.9 Å². The molecule has 1 unspecified atom stereocenters. The molecule has 3 N–H and O–H groups in total. The second-order valence-electron chi connectivity index (χ2n) is 4.31. The Hall–Kier alpha value is -1.18. The third-order valence-corrected chi connectivity index (χ3v) is 2.89. The fraction of sp³-hybridized carbons (Fsp3) is 0.818. The Bertz CT molecular complexity index is 285. The average Bonchev–Trinajstić information content (AvgIpc) is 2.76. The number of imide groups is 1. The van der Waals surface area contributed by atoms with Gasteiger partial charge in [0.25, 0.3) is 0 Å². The van der Waals surface area contributed by atoms with Crippen LogP contribution >= 0.6 is 0 Å². The summed E-state index contributed by atoms with van der Waals surface area (Å²) in [5, 5.41) is 8.00. The molecule has 0 aromatic heterocycles. The Labute approximate surface area is 107 Å². The van der Waals surface area contributed by atoms with Crippen LogP contribution < -0.4 is 16.0 Å². The number of carbonyl (C=O) groups excluding carboxylic acids is 2. The first kappa shape index (κ1) is 14.9. The van der Waals surface area contributed by atoms with Crippen LogP contribution in [0.3, 0.4) is 0 Å². The summed E-state index contributed by atoms with van der Waals surface area (Å²) in [5.74, 6) is -0.276. The summed E-state index contributed by atoms with van der Waals surface area (Å²) in [7, 11) is 3.47. The molecule has 1 heterocycles. The minimum absolute atomic E-state index is 0.260. The third-order valence-electron chi connectivity index (χ3n) is 2.89. The maximum atomic E-state index is 11.6. The van der Waals surface area contributed by atoms with Gasteiger partial charge in [-0.2, -0.15) is 0 Å². The molecule has 0 bridgehead atoms. The SMILES string of the molecule is CNC1CCN(CC(=O)NC(=O)NCCOC)C1. The lowest BCUT2D eigenvalue weighted by atomic mass is 10.3. The topological polar surface area (TPSA) is 82.7 Å². The van der Waals surface area contributed by atoms with Crippen LogP contribution in [-0.2, 0) is 9.53 Å². The quantitative estimate of drug-likeness (QED) is 0.519. The minimum Gasteiger partial charge on any atom is -0.383 e. The highest BCUT2D eigenvalue weighted by Gasteiger charge is 2.22. The fourth-order valence-electron chi connectivity index (χ4n) is 1.89. The van der Waals surface area contributed by atoms with Crippen molar-refractivity contribution < 1.29 is 14.3 Å².